The molecule has 20 heavy (non-hydrogen) atoms. The molecule has 5 nitrogen and oxygen atoms in total. The molecule has 0 spiro atoms. The maximum Gasteiger partial charge on any atom is 0.271 e. The zero-order valence-electron chi connectivity index (χ0n) is 11.4. The van der Waals surface area contributed by atoms with Gasteiger partial charge in [-0.15, -0.1) is 0 Å². The van der Waals surface area contributed by atoms with Gasteiger partial charge in [-0.25, -0.2) is 9.97 Å². The monoisotopic (exact) mass is 294 g/mol. The summed E-state index contributed by atoms with van der Waals surface area (Å²) in [7, 11) is 0. The van der Waals surface area contributed by atoms with Gasteiger partial charge in [0.25, 0.3) is 5.91 Å². The molecule has 2 heterocycles. The van der Waals surface area contributed by atoms with Crippen LogP contribution < -0.4 is 10.2 Å². The van der Waals surface area contributed by atoms with Crippen LogP contribution in [0.25, 0.3) is 0 Å². The highest BCUT2D eigenvalue weighted by Gasteiger charge is 2.22. The second-order valence-corrected chi connectivity index (χ2v) is 5.97. The van der Waals surface area contributed by atoms with Crippen molar-refractivity contribution in [3.63, 3.8) is 0 Å². The van der Waals surface area contributed by atoms with Crippen LogP contribution in [0.4, 0.5) is 5.95 Å². The Morgan fingerprint density at radius 3 is 2.75 bits per heavy atom. The Bertz CT molecular complexity index is 498. The summed E-state index contributed by atoms with van der Waals surface area (Å²) in [4.78, 5) is 22.8. The number of aromatic nitrogens is 2. The Kier molecular flexibility index (Phi) is 4.05. The standard InChI is InChI=1S/C14H19ClN4O/c15-11-9-17-14(19-6-1-2-7-19)18-12(11)13(20)16-8-10-4-3-5-10/h9-10H,1-8H2,(H,16,20). The van der Waals surface area contributed by atoms with Crippen LogP contribution in [0.15, 0.2) is 6.20 Å². The fraction of sp³-hybridized carbons (Fsp3) is 0.643. The van der Waals surface area contributed by atoms with Crippen LogP contribution >= 0.6 is 11.6 Å². The molecule has 0 aromatic carbocycles. The predicted molar refractivity (Wildman–Crippen MR) is 78.2 cm³/mol. The van der Waals surface area contributed by atoms with Crippen LogP contribution in [0.2, 0.25) is 5.02 Å². The third-order valence-electron chi connectivity index (χ3n) is 4.11. The lowest BCUT2D eigenvalue weighted by Crippen LogP contribution is -2.33. The van der Waals surface area contributed by atoms with E-state index in [4.69, 9.17) is 11.6 Å². The molecule has 108 valence electrons. The van der Waals surface area contributed by atoms with Crippen molar-refractivity contribution in [1.82, 2.24) is 15.3 Å². The molecule has 6 heteroatoms. The quantitative estimate of drug-likeness (QED) is 0.925. The Labute approximate surface area is 123 Å². The zero-order valence-corrected chi connectivity index (χ0v) is 12.2. The minimum atomic E-state index is -0.190. The zero-order chi connectivity index (χ0) is 13.9. The van der Waals surface area contributed by atoms with Gasteiger partial charge in [0.2, 0.25) is 5.95 Å². The average Bonchev–Trinajstić information content (AvgIpc) is 2.91. The van der Waals surface area contributed by atoms with Gasteiger partial charge in [0, 0.05) is 19.6 Å². The molecule has 0 atom stereocenters. The van der Waals surface area contributed by atoms with Crippen LogP contribution in [0.3, 0.4) is 0 Å². The van der Waals surface area contributed by atoms with Crippen LogP contribution in [0.1, 0.15) is 42.6 Å². The first-order valence-electron chi connectivity index (χ1n) is 7.30. The molecule has 1 aliphatic carbocycles. The number of carbonyl (C=O) groups is 1. The maximum absolute atomic E-state index is 12.2. The molecule has 1 aromatic heterocycles. The summed E-state index contributed by atoms with van der Waals surface area (Å²) >= 11 is 6.06. The van der Waals surface area contributed by atoms with Gasteiger partial charge in [0.15, 0.2) is 5.69 Å². The highest BCUT2D eigenvalue weighted by atomic mass is 35.5. The van der Waals surface area contributed by atoms with Gasteiger partial charge in [0.05, 0.1) is 11.2 Å². The van der Waals surface area contributed by atoms with Crippen molar-refractivity contribution in [3.8, 4) is 0 Å². The molecule has 2 aliphatic rings. The highest BCUT2D eigenvalue weighted by molar-refractivity contribution is 6.33. The van der Waals surface area contributed by atoms with Crippen molar-refractivity contribution in [2.45, 2.75) is 32.1 Å². The fourth-order valence-corrected chi connectivity index (χ4v) is 2.78. The third-order valence-corrected chi connectivity index (χ3v) is 4.39. The summed E-state index contributed by atoms with van der Waals surface area (Å²) in [5, 5.41) is 3.25. The van der Waals surface area contributed by atoms with Gasteiger partial charge in [-0.05, 0) is 31.6 Å². The molecule has 1 aromatic rings. The van der Waals surface area contributed by atoms with E-state index in [9.17, 15) is 4.79 Å². The first kappa shape index (κ1) is 13.6. The summed E-state index contributed by atoms with van der Waals surface area (Å²) in [6.07, 6.45) is 7.51. The maximum atomic E-state index is 12.2. The molecule has 1 aliphatic heterocycles. The van der Waals surface area contributed by atoms with Crippen LogP contribution in [0, 0.1) is 5.92 Å². The lowest BCUT2D eigenvalue weighted by Gasteiger charge is -2.25. The normalized spacial score (nSPS) is 18.9. The minimum Gasteiger partial charge on any atom is -0.350 e. The van der Waals surface area contributed by atoms with Gasteiger partial charge in [-0.1, -0.05) is 18.0 Å². The first-order chi connectivity index (χ1) is 9.74. The Hall–Kier alpha value is -1.36. The van der Waals surface area contributed by atoms with E-state index >= 15 is 0 Å². The molecule has 1 amide bonds. The topological polar surface area (TPSA) is 58.1 Å². The number of amides is 1. The van der Waals surface area contributed by atoms with Crippen molar-refractivity contribution < 1.29 is 4.79 Å². The van der Waals surface area contributed by atoms with E-state index in [-0.39, 0.29) is 5.91 Å². The van der Waals surface area contributed by atoms with Gasteiger partial charge in [-0.2, -0.15) is 0 Å². The summed E-state index contributed by atoms with van der Waals surface area (Å²) in [6, 6.07) is 0. The number of anilines is 1. The van der Waals surface area contributed by atoms with Crippen LogP contribution in [0.5, 0.6) is 0 Å². The van der Waals surface area contributed by atoms with E-state index in [1.165, 1.54) is 25.5 Å². The van der Waals surface area contributed by atoms with Gasteiger partial charge < -0.3 is 10.2 Å². The molecule has 0 radical (unpaired) electrons. The molecule has 1 N–H and O–H groups in total. The number of nitrogens with one attached hydrogen (secondary N) is 1. The molecular formula is C14H19ClN4O. The van der Waals surface area contributed by atoms with E-state index in [2.05, 4.69) is 20.2 Å². The van der Waals surface area contributed by atoms with E-state index in [0.717, 1.165) is 32.5 Å². The molecule has 3 rings (SSSR count). The lowest BCUT2D eigenvalue weighted by molar-refractivity contribution is 0.0934. The Balaban J connectivity index is 1.69. The largest absolute Gasteiger partial charge is 0.350 e. The van der Waals surface area contributed by atoms with Gasteiger partial charge in [-0.3, -0.25) is 4.79 Å². The number of nitrogens with zero attached hydrogens (tertiary/aromatic N) is 3. The summed E-state index contributed by atoms with van der Waals surface area (Å²) in [6.45, 7) is 2.62. The second kappa shape index (κ2) is 5.95. The lowest BCUT2D eigenvalue weighted by atomic mass is 9.85. The van der Waals surface area contributed by atoms with E-state index < -0.39 is 0 Å². The molecular weight excluding hydrogens is 276 g/mol. The number of hydrogen-bond acceptors (Lipinski definition) is 4. The van der Waals surface area contributed by atoms with Crippen LogP contribution in [-0.2, 0) is 0 Å². The highest BCUT2D eigenvalue weighted by Crippen LogP contribution is 2.25. The number of hydrogen-bond donors (Lipinski definition) is 1. The SMILES string of the molecule is O=C(NCC1CCC1)c1nc(N2CCCC2)ncc1Cl. The average molecular weight is 295 g/mol. The third kappa shape index (κ3) is 2.87. The van der Waals surface area contributed by atoms with Crippen LogP contribution in [-0.4, -0.2) is 35.5 Å². The van der Waals surface area contributed by atoms with Crippen molar-refractivity contribution in [3.05, 3.63) is 16.9 Å². The minimum absolute atomic E-state index is 0.190. The van der Waals surface area contributed by atoms with Gasteiger partial charge >= 0.3 is 0 Å². The van der Waals surface area contributed by atoms with Gasteiger partial charge in [0.1, 0.15) is 0 Å². The smallest absolute Gasteiger partial charge is 0.271 e. The van der Waals surface area contributed by atoms with Crippen molar-refractivity contribution in [2.75, 3.05) is 24.5 Å². The predicted octanol–water partition coefficient (Wildman–Crippen LogP) is 2.26. The number of carbonyl (C=O) groups excluding carboxylic acids is 1. The summed E-state index contributed by atoms with van der Waals surface area (Å²) < 4.78 is 0. The number of rotatable bonds is 4. The number of halogens is 1. The van der Waals surface area contributed by atoms with Crippen molar-refractivity contribution in [2.24, 2.45) is 5.92 Å². The molecule has 1 saturated carbocycles. The fourth-order valence-electron chi connectivity index (χ4n) is 2.60. The van der Waals surface area contributed by atoms with Crippen molar-refractivity contribution in [1.29, 1.82) is 0 Å². The van der Waals surface area contributed by atoms with Crippen molar-refractivity contribution >= 4 is 23.5 Å². The molecule has 1 saturated heterocycles. The molecule has 0 bridgehead atoms. The van der Waals surface area contributed by atoms with E-state index in [1.54, 1.807) is 0 Å². The first-order valence-corrected chi connectivity index (χ1v) is 7.67. The summed E-state index contributed by atoms with van der Waals surface area (Å²) in [5.74, 6) is 1.04. The Morgan fingerprint density at radius 1 is 1.35 bits per heavy atom. The molecule has 2 fully saturated rings. The van der Waals surface area contributed by atoms with E-state index in [0.29, 0.717) is 22.6 Å². The van der Waals surface area contributed by atoms with E-state index in [1.807, 2.05) is 0 Å². The second-order valence-electron chi connectivity index (χ2n) is 5.57. The summed E-state index contributed by atoms with van der Waals surface area (Å²) in [5.41, 5.74) is 0.294. The molecule has 0 unspecified atom stereocenters. The Morgan fingerprint density at radius 2 is 2.10 bits per heavy atom.